The average molecular weight is 217 g/mol. The van der Waals surface area contributed by atoms with Crippen LogP contribution >= 0.6 is 0 Å². The highest BCUT2D eigenvalue weighted by Crippen LogP contribution is 2.28. The van der Waals surface area contributed by atoms with E-state index in [0.29, 0.717) is 6.54 Å². The predicted molar refractivity (Wildman–Crippen MR) is 67.4 cm³/mol. The Labute approximate surface area is 96.3 Å². The maximum absolute atomic E-state index is 5.65. The van der Waals surface area contributed by atoms with Gasteiger partial charge in [-0.25, -0.2) is 4.98 Å². The van der Waals surface area contributed by atoms with Gasteiger partial charge >= 0.3 is 0 Å². The van der Waals surface area contributed by atoms with Gasteiger partial charge in [0.15, 0.2) is 0 Å². The first-order chi connectivity index (χ1) is 7.54. The first-order valence-corrected chi connectivity index (χ1v) is 5.66. The fraction of sp³-hybridized carbons (Fsp3) is 0.462. The highest BCUT2D eigenvalue weighted by molar-refractivity contribution is 5.76. The molecule has 0 radical (unpaired) electrons. The van der Waals surface area contributed by atoms with Crippen LogP contribution < -0.4 is 5.73 Å². The minimum Gasteiger partial charge on any atom is -0.334 e. The molecule has 3 nitrogen and oxygen atoms in total. The van der Waals surface area contributed by atoms with Gasteiger partial charge in [0.1, 0.15) is 0 Å². The van der Waals surface area contributed by atoms with Crippen LogP contribution in [0.4, 0.5) is 0 Å². The number of aryl methyl sites for hydroxylation is 1. The van der Waals surface area contributed by atoms with Crippen LogP contribution in [0.15, 0.2) is 24.5 Å². The third-order valence-electron chi connectivity index (χ3n) is 3.28. The largest absolute Gasteiger partial charge is 0.334 e. The second-order valence-corrected chi connectivity index (χ2v) is 4.98. The molecule has 86 valence electrons. The van der Waals surface area contributed by atoms with E-state index in [1.165, 1.54) is 11.1 Å². The number of hydrogen-bond donors (Lipinski definition) is 1. The van der Waals surface area contributed by atoms with E-state index >= 15 is 0 Å². The molecule has 0 unspecified atom stereocenters. The van der Waals surface area contributed by atoms with Crippen molar-refractivity contribution in [1.82, 2.24) is 9.55 Å². The van der Waals surface area contributed by atoms with Crippen molar-refractivity contribution >= 4 is 11.0 Å². The number of aromatic nitrogens is 2. The van der Waals surface area contributed by atoms with Gasteiger partial charge in [-0.3, -0.25) is 0 Å². The van der Waals surface area contributed by atoms with Crippen LogP contribution in [-0.2, 0) is 12.5 Å². The molecule has 0 aliphatic carbocycles. The van der Waals surface area contributed by atoms with Crippen LogP contribution in [0, 0.1) is 0 Å². The van der Waals surface area contributed by atoms with Crippen LogP contribution in [0.2, 0.25) is 0 Å². The van der Waals surface area contributed by atoms with E-state index < -0.39 is 0 Å². The second kappa shape index (κ2) is 3.91. The Morgan fingerprint density at radius 1 is 1.38 bits per heavy atom. The SMILES string of the molecule is Cn1cnc2cc(C(C)(C)CCN)ccc21. The van der Waals surface area contributed by atoms with E-state index in [0.717, 1.165) is 11.9 Å². The summed E-state index contributed by atoms with van der Waals surface area (Å²) in [6.45, 7) is 5.17. The topological polar surface area (TPSA) is 43.8 Å². The zero-order valence-electron chi connectivity index (χ0n) is 10.2. The van der Waals surface area contributed by atoms with Gasteiger partial charge in [-0.05, 0) is 36.1 Å². The molecule has 2 rings (SSSR count). The molecular formula is C13H19N3. The first kappa shape index (κ1) is 11.1. The van der Waals surface area contributed by atoms with Crippen molar-refractivity contribution in [2.24, 2.45) is 12.8 Å². The van der Waals surface area contributed by atoms with Gasteiger partial charge < -0.3 is 10.3 Å². The Morgan fingerprint density at radius 2 is 2.12 bits per heavy atom. The van der Waals surface area contributed by atoms with E-state index in [9.17, 15) is 0 Å². The molecule has 0 saturated carbocycles. The highest BCUT2D eigenvalue weighted by atomic mass is 15.0. The molecule has 3 heteroatoms. The van der Waals surface area contributed by atoms with Gasteiger partial charge in [0, 0.05) is 7.05 Å². The number of hydrogen-bond acceptors (Lipinski definition) is 2. The van der Waals surface area contributed by atoms with Crippen LogP contribution in [0.1, 0.15) is 25.8 Å². The van der Waals surface area contributed by atoms with Gasteiger partial charge in [-0.2, -0.15) is 0 Å². The van der Waals surface area contributed by atoms with Crippen LogP contribution in [-0.4, -0.2) is 16.1 Å². The van der Waals surface area contributed by atoms with Crippen molar-refractivity contribution < 1.29 is 0 Å². The Balaban J connectivity index is 2.46. The van der Waals surface area contributed by atoms with E-state index in [2.05, 4.69) is 37.0 Å². The van der Waals surface area contributed by atoms with Crippen molar-refractivity contribution in [3.8, 4) is 0 Å². The average Bonchev–Trinajstić information content (AvgIpc) is 2.60. The zero-order chi connectivity index (χ0) is 11.8. The molecule has 0 amide bonds. The number of benzene rings is 1. The first-order valence-electron chi connectivity index (χ1n) is 5.66. The minimum atomic E-state index is 0.125. The smallest absolute Gasteiger partial charge is 0.0955 e. The van der Waals surface area contributed by atoms with Crippen LogP contribution in [0.3, 0.4) is 0 Å². The van der Waals surface area contributed by atoms with Crippen molar-refractivity contribution in [3.05, 3.63) is 30.1 Å². The molecule has 2 aromatic rings. The molecule has 0 aliphatic heterocycles. The molecule has 1 aromatic carbocycles. The Kier molecular flexibility index (Phi) is 2.72. The number of nitrogens with zero attached hydrogens (tertiary/aromatic N) is 2. The zero-order valence-corrected chi connectivity index (χ0v) is 10.2. The van der Waals surface area contributed by atoms with Crippen molar-refractivity contribution in [2.45, 2.75) is 25.7 Å². The quantitative estimate of drug-likeness (QED) is 0.856. The Hall–Kier alpha value is -1.35. The summed E-state index contributed by atoms with van der Waals surface area (Å²) in [6, 6.07) is 6.49. The molecule has 0 aliphatic rings. The third kappa shape index (κ3) is 1.83. The number of nitrogens with two attached hydrogens (primary N) is 1. The fourth-order valence-corrected chi connectivity index (χ4v) is 2.06. The summed E-state index contributed by atoms with van der Waals surface area (Å²) in [6.07, 6.45) is 2.84. The van der Waals surface area contributed by atoms with Crippen LogP contribution in [0.5, 0.6) is 0 Å². The second-order valence-electron chi connectivity index (χ2n) is 4.98. The molecule has 0 spiro atoms. The van der Waals surface area contributed by atoms with Crippen molar-refractivity contribution in [1.29, 1.82) is 0 Å². The summed E-state index contributed by atoms with van der Waals surface area (Å²) in [5, 5.41) is 0. The number of rotatable bonds is 3. The lowest BCUT2D eigenvalue weighted by molar-refractivity contribution is 0.488. The van der Waals surface area contributed by atoms with E-state index in [4.69, 9.17) is 5.73 Å². The maximum atomic E-state index is 5.65. The summed E-state index contributed by atoms with van der Waals surface area (Å²) < 4.78 is 2.04. The highest BCUT2D eigenvalue weighted by Gasteiger charge is 2.20. The number of imidazole rings is 1. The van der Waals surface area contributed by atoms with Gasteiger partial charge in [0.25, 0.3) is 0 Å². The molecule has 16 heavy (non-hydrogen) atoms. The summed E-state index contributed by atoms with van der Waals surface area (Å²) in [5.41, 5.74) is 9.32. The molecule has 0 saturated heterocycles. The van der Waals surface area contributed by atoms with Gasteiger partial charge in [0.05, 0.1) is 17.4 Å². The van der Waals surface area contributed by atoms with E-state index in [1.807, 2.05) is 17.9 Å². The molecule has 1 heterocycles. The lowest BCUT2D eigenvalue weighted by atomic mass is 9.81. The molecular weight excluding hydrogens is 198 g/mol. The van der Waals surface area contributed by atoms with Crippen molar-refractivity contribution in [2.75, 3.05) is 6.54 Å². The van der Waals surface area contributed by atoms with Gasteiger partial charge in [0.2, 0.25) is 0 Å². The number of fused-ring (bicyclic) bond motifs is 1. The lowest BCUT2D eigenvalue weighted by Gasteiger charge is -2.24. The van der Waals surface area contributed by atoms with E-state index in [1.54, 1.807) is 0 Å². The van der Waals surface area contributed by atoms with Gasteiger partial charge in [-0.1, -0.05) is 19.9 Å². The fourth-order valence-electron chi connectivity index (χ4n) is 2.06. The molecule has 0 fully saturated rings. The normalized spacial score (nSPS) is 12.2. The summed E-state index contributed by atoms with van der Waals surface area (Å²) in [5.74, 6) is 0. The third-order valence-corrected chi connectivity index (χ3v) is 3.28. The summed E-state index contributed by atoms with van der Waals surface area (Å²) in [4.78, 5) is 4.38. The minimum absolute atomic E-state index is 0.125. The maximum Gasteiger partial charge on any atom is 0.0955 e. The standard InChI is InChI=1S/C13H19N3/c1-13(2,6-7-14)10-4-5-12-11(8-10)15-9-16(12)3/h4-5,8-9H,6-7,14H2,1-3H3. The lowest BCUT2D eigenvalue weighted by Crippen LogP contribution is -2.21. The predicted octanol–water partition coefficient (Wildman–Crippen LogP) is 2.20. The monoisotopic (exact) mass is 217 g/mol. The molecule has 0 atom stereocenters. The molecule has 0 bridgehead atoms. The molecule has 1 aromatic heterocycles. The van der Waals surface area contributed by atoms with E-state index in [-0.39, 0.29) is 5.41 Å². The Bertz CT molecular complexity index is 497. The summed E-state index contributed by atoms with van der Waals surface area (Å²) in [7, 11) is 2.01. The van der Waals surface area contributed by atoms with Crippen LogP contribution in [0.25, 0.3) is 11.0 Å². The van der Waals surface area contributed by atoms with Crippen molar-refractivity contribution in [3.63, 3.8) is 0 Å². The van der Waals surface area contributed by atoms with Gasteiger partial charge in [-0.15, -0.1) is 0 Å². The molecule has 2 N–H and O–H groups in total. The Morgan fingerprint density at radius 3 is 2.81 bits per heavy atom. The summed E-state index contributed by atoms with van der Waals surface area (Å²) >= 11 is 0.